The quantitative estimate of drug-likeness (QED) is 0.0294. The summed E-state index contributed by atoms with van der Waals surface area (Å²) in [5.41, 5.74) is 0. The minimum Gasteiger partial charge on any atom is -0.394 e. The Morgan fingerprint density at radius 1 is 0.455 bits per heavy atom. The van der Waals surface area contributed by atoms with E-state index < -0.39 is 61.5 Å². The van der Waals surface area contributed by atoms with Gasteiger partial charge in [-0.15, -0.1) is 0 Å². The zero-order valence-electron chi connectivity index (χ0n) is 43.3. The highest BCUT2D eigenvalue weighted by Gasteiger charge is 2.44. The summed E-state index contributed by atoms with van der Waals surface area (Å²) in [6.45, 7) is 3.71. The van der Waals surface area contributed by atoms with Crippen molar-refractivity contribution >= 4 is 5.91 Å². The Balaban J connectivity index is 2.20. The number of ether oxygens (including phenoxy) is 2. The van der Waals surface area contributed by atoms with Gasteiger partial charge in [0.05, 0.1) is 25.4 Å². The average Bonchev–Trinajstić information content (AvgIpc) is 3.32. The van der Waals surface area contributed by atoms with E-state index in [0.717, 1.165) is 38.5 Å². The molecule has 1 aliphatic rings. The first-order chi connectivity index (χ1) is 32.3. The van der Waals surface area contributed by atoms with Crippen molar-refractivity contribution in [3.63, 3.8) is 0 Å². The maximum atomic E-state index is 13.1. The fourth-order valence-electron chi connectivity index (χ4n) is 9.64. The fraction of sp³-hybridized carbons (Fsp3) is 0.982. The largest absolute Gasteiger partial charge is 0.394 e. The van der Waals surface area contributed by atoms with Gasteiger partial charge in [-0.05, 0) is 12.8 Å². The van der Waals surface area contributed by atoms with Crippen LogP contribution in [0.25, 0.3) is 0 Å². The number of amides is 1. The Morgan fingerprint density at radius 3 is 1.08 bits per heavy atom. The Bertz CT molecular complexity index is 1020. The van der Waals surface area contributed by atoms with Gasteiger partial charge in [0, 0.05) is 0 Å². The summed E-state index contributed by atoms with van der Waals surface area (Å²) in [4.78, 5) is 13.1. The first kappa shape index (κ1) is 63.2. The molecular formula is C56H111NO9. The first-order valence-electron chi connectivity index (χ1n) is 28.8. The maximum absolute atomic E-state index is 13.1. The predicted octanol–water partition coefficient (Wildman–Crippen LogP) is 12.8. The molecule has 66 heavy (non-hydrogen) atoms. The van der Waals surface area contributed by atoms with Crippen molar-refractivity contribution in [2.24, 2.45) is 0 Å². The van der Waals surface area contributed by atoms with Crippen LogP contribution in [-0.2, 0) is 14.3 Å². The van der Waals surface area contributed by atoms with Crippen molar-refractivity contribution in [2.75, 3.05) is 13.2 Å². The molecule has 1 rings (SSSR count). The Kier molecular flexibility index (Phi) is 44.5. The highest BCUT2D eigenvalue weighted by atomic mass is 16.7. The molecule has 1 heterocycles. The van der Waals surface area contributed by atoms with Gasteiger partial charge < -0.3 is 45.4 Å². The normalized spacial score (nSPS) is 20.2. The number of nitrogens with one attached hydrogen (secondary N) is 1. The molecule has 0 aromatic carbocycles. The summed E-state index contributed by atoms with van der Waals surface area (Å²) in [6, 6.07) is -0.889. The molecular weight excluding hydrogens is 831 g/mol. The van der Waals surface area contributed by atoms with Crippen LogP contribution in [0.4, 0.5) is 0 Å². The molecule has 1 amide bonds. The van der Waals surface area contributed by atoms with Gasteiger partial charge in [0.1, 0.15) is 30.5 Å². The van der Waals surface area contributed by atoms with Crippen LogP contribution < -0.4 is 5.32 Å². The van der Waals surface area contributed by atoms with Crippen molar-refractivity contribution in [2.45, 2.75) is 339 Å². The topological polar surface area (TPSA) is 169 Å². The van der Waals surface area contributed by atoms with E-state index in [1.54, 1.807) is 0 Å². The van der Waals surface area contributed by atoms with E-state index in [-0.39, 0.29) is 6.61 Å². The van der Waals surface area contributed by atoms with Crippen molar-refractivity contribution < 1.29 is 44.9 Å². The molecule has 0 radical (unpaired) electrons. The third kappa shape index (κ3) is 35.3. The molecule has 0 spiro atoms. The number of hydrogen-bond donors (Lipinski definition) is 7. The van der Waals surface area contributed by atoms with Crippen molar-refractivity contribution in [3.8, 4) is 0 Å². The van der Waals surface area contributed by atoms with Gasteiger partial charge in [0.15, 0.2) is 6.29 Å². The van der Waals surface area contributed by atoms with Gasteiger partial charge in [-0.3, -0.25) is 4.79 Å². The molecule has 0 bridgehead atoms. The van der Waals surface area contributed by atoms with E-state index >= 15 is 0 Å². The Hall–Kier alpha value is -0.850. The van der Waals surface area contributed by atoms with Gasteiger partial charge in [0.25, 0.3) is 0 Å². The minimum atomic E-state index is -1.59. The third-order valence-corrected chi connectivity index (χ3v) is 14.3. The van der Waals surface area contributed by atoms with Crippen LogP contribution >= 0.6 is 0 Å². The number of hydrogen-bond acceptors (Lipinski definition) is 9. The molecule has 10 heteroatoms. The van der Waals surface area contributed by atoms with Crippen LogP contribution in [0.5, 0.6) is 0 Å². The van der Waals surface area contributed by atoms with Crippen molar-refractivity contribution in [3.05, 3.63) is 0 Å². The standard InChI is InChI=1S/C56H111NO9/c1-3-5-7-9-11-13-15-17-19-20-21-22-23-24-25-26-27-28-29-31-33-35-37-39-41-43-45-50(60)55(64)57-48(47-65-56-54(63)53(62)52(61)51(46-58)66-56)49(59)44-42-40-38-36-34-32-30-18-16-14-12-10-8-6-4-2/h48-54,56,58-63H,3-47H2,1-2H3,(H,57,64). The van der Waals surface area contributed by atoms with Gasteiger partial charge >= 0.3 is 0 Å². The number of rotatable bonds is 50. The molecule has 1 saturated heterocycles. The minimum absolute atomic E-state index is 0.249. The maximum Gasteiger partial charge on any atom is 0.249 e. The number of carbonyl (C=O) groups excluding carboxylic acids is 1. The van der Waals surface area contributed by atoms with E-state index in [4.69, 9.17) is 9.47 Å². The van der Waals surface area contributed by atoms with Crippen LogP contribution in [0.2, 0.25) is 0 Å². The number of unbranched alkanes of at least 4 members (excludes halogenated alkanes) is 39. The molecule has 8 atom stereocenters. The Labute approximate surface area is 407 Å². The van der Waals surface area contributed by atoms with Crippen LogP contribution in [0.1, 0.15) is 290 Å². The molecule has 394 valence electrons. The van der Waals surface area contributed by atoms with E-state index in [1.807, 2.05) is 0 Å². The first-order valence-corrected chi connectivity index (χ1v) is 28.8. The van der Waals surface area contributed by atoms with Crippen LogP contribution in [0, 0.1) is 0 Å². The highest BCUT2D eigenvalue weighted by molar-refractivity contribution is 5.80. The molecule has 0 aromatic rings. The summed E-state index contributed by atoms with van der Waals surface area (Å²) >= 11 is 0. The summed E-state index contributed by atoms with van der Waals surface area (Å²) in [6.07, 6.45) is 44.5. The van der Waals surface area contributed by atoms with E-state index in [2.05, 4.69) is 19.2 Å². The fourth-order valence-corrected chi connectivity index (χ4v) is 9.64. The van der Waals surface area contributed by atoms with E-state index in [9.17, 15) is 35.4 Å². The SMILES string of the molecule is CCCCCCCCCCCCCCCCCCCCCCCCCCCCC(O)C(=O)NC(COC1OC(CO)C(O)C(O)C1O)C(O)CCCCCCCCCCCCCCCCC. The monoisotopic (exact) mass is 942 g/mol. The molecule has 1 aliphatic heterocycles. The molecule has 0 aromatic heterocycles. The van der Waals surface area contributed by atoms with Gasteiger partial charge in [0.2, 0.25) is 5.91 Å². The lowest BCUT2D eigenvalue weighted by Crippen LogP contribution is -2.60. The molecule has 7 N–H and O–H groups in total. The zero-order valence-corrected chi connectivity index (χ0v) is 43.3. The summed E-state index contributed by atoms with van der Waals surface area (Å²) < 4.78 is 11.2. The molecule has 0 aliphatic carbocycles. The van der Waals surface area contributed by atoms with E-state index in [1.165, 1.54) is 225 Å². The lowest BCUT2D eigenvalue weighted by atomic mass is 9.99. The highest BCUT2D eigenvalue weighted by Crippen LogP contribution is 2.23. The predicted molar refractivity (Wildman–Crippen MR) is 274 cm³/mol. The second kappa shape index (κ2) is 46.5. The van der Waals surface area contributed by atoms with Gasteiger partial charge in [-0.1, -0.05) is 277 Å². The number of aliphatic hydroxyl groups is 6. The third-order valence-electron chi connectivity index (χ3n) is 14.3. The lowest BCUT2D eigenvalue weighted by Gasteiger charge is -2.40. The van der Waals surface area contributed by atoms with Gasteiger partial charge in [-0.25, -0.2) is 0 Å². The molecule has 1 fully saturated rings. The molecule has 10 nitrogen and oxygen atoms in total. The second-order valence-corrected chi connectivity index (χ2v) is 20.6. The lowest BCUT2D eigenvalue weighted by molar-refractivity contribution is -0.302. The van der Waals surface area contributed by atoms with Crippen molar-refractivity contribution in [1.29, 1.82) is 0 Å². The molecule has 8 unspecified atom stereocenters. The van der Waals surface area contributed by atoms with Crippen LogP contribution in [0.15, 0.2) is 0 Å². The Morgan fingerprint density at radius 2 is 0.758 bits per heavy atom. The smallest absolute Gasteiger partial charge is 0.249 e. The second-order valence-electron chi connectivity index (χ2n) is 20.6. The van der Waals surface area contributed by atoms with Crippen LogP contribution in [-0.4, -0.2) is 98.7 Å². The summed E-state index contributed by atoms with van der Waals surface area (Å²) in [5, 5.41) is 65.2. The van der Waals surface area contributed by atoms with Crippen molar-refractivity contribution in [1.82, 2.24) is 5.32 Å². The van der Waals surface area contributed by atoms with Crippen LogP contribution in [0.3, 0.4) is 0 Å². The average molecular weight is 943 g/mol. The number of carbonyl (C=O) groups is 1. The zero-order chi connectivity index (χ0) is 48.1. The number of aliphatic hydroxyl groups excluding tert-OH is 6. The van der Waals surface area contributed by atoms with E-state index in [0.29, 0.717) is 12.8 Å². The summed E-state index contributed by atoms with van der Waals surface area (Å²) in [7, 11) is 0. The van der Waals surface area contributed by atoms with Gasteiger partial charge in [-0.2, -0.15) is 0 Å². The molecule has 0 saturated carbocycles. The summed E-state index contributed by atoms with van der Waals surface area (Å²) in [5.74, 6) is -0.576.